The lowest BCUT2D eigenvalue weighted by atomic mass is 10.2. The Labute approximate surface area is 167 Å². The molecule has 0 spiro atoms. The van der Waals surface area contributed by atoms with Crippen LogP contribution in [0.1, 0.15) is 12.5 Å². The summed E-state index contributed by atoms with van der Waals surface area (Å²) in [5.74, 6) is -0.0698. The number of carbonyl (C=O) groups is 2. The standard InChI is InChI=1S/C19H19Cl2NO5/c1-12(19(24)22-10-13-3-6-15(25-2)7-4-13)27-18(23)11-26-17-8-5-14(20)9-16(17)21/h3-9,12H,10-11H2,1-2H3,(H,22,24)/t12-/m0/s1. The van der Waals surface area contributed by atoms with Crippen LogP contribution in [0.3, 0.4) is 0 Å². The van der Waals surface area contributed by atoms with Crippen molar-refractivity contribution in [2.45, 2.75) is 19.6 Å². The Kier molecular flexibility index (Phi) is 7.76. The minimum absolute atomic E-state index is 0.278. The highest BCUT2D eigenvalue weighted by Crippen LogP contribution is 2.27. The predicted molar refractivity (Wildman–Crippen MR) is 102 cm³/mol. The van der Waals surface area contributed by atoms with E-state index in [1.165, 1.54) is 13.0 Å². The van der Waals surface area contributed by atoms with E-state index in [4.69, 9.17) is 37.4 Å². The Morgan fingerprint density at radius 1 is 1.11 bits per heavy atom. The van der Waals surface area contributed by atoms with Gasteiger partial charge in [-0.25, -0.2) is 4.79 Å². The number of benzene rings is 2. The Hall–Kier alpha value is -2.44. The van der Waals surface area contributed by atoms with Gasteiger partial charge >= 0.3 is 5.97 Å². The zero-order valence-electron chi connectivity index (χ0n) is 14.8. The van der Waals surface area contributed by atoms with Crippen LogP contribution in [0.5, 0.6) is 11.5 Å². The number of carbonyl (C=O) groups excluding carboxylic acids is 2. The van der Waals surface area contributed by atoms with E-state index < -0.39 is 18.0 Å². The maximum Gasteiger partial charge on any atom is 0.344 e. The van der Waals surface area contributed by atoms with Crippen molar-refractivity contribution in [2.24, 2.45) is 0 Å². The molecule has 1 atom stereocenters. The molecule has 0 aliphatic rings. The van der Waals surface area contributed by atoms with E-state index >= 15 is 0 Å². The first-order chi connectivity index (χ1) is 12.9. The predicted octanol–water partition coefficient (Wildman–Crippen LogP) is 3.63. The van der Waals surface area contributed by atoms with Crippen LogP contribution in [0, 0.1) is 0 Å². The van der Waals surface area contributed by atoms with Crippen LogP contribution in [0.2, 0.25) is 10.0 Å². The Morgan fingerprint density at radius 2 is 1.81 bits per heavy atom. The fraction of sp³-hybridized carbons (Fsp3) is 0.263. The number of rotatable bonds is 8. The first-order valence-electron chi connectivity index (χ1n) is 8.07. The molecule has 8 heteroatoms. The molecule has 0 saturated carbocycles. The summed E-state index contributed by atoms with van der Waals surface area (Å²) in [7, 11) is 1.58. The van der Waals surface area contributed by atoms with Crippen molar-refractivity contribution in [3.63, 3.8) is 0 Å². The number of amides is 1. The van der Waals surface area contributed by atoms with Crippen molar-refractivity contribution in [3.05, 3.63) is 58.1 Å². The van der Waals surface area contributed by atoms with Crippen LogP contribution >= 0.6 is 23.2 Å². The fourth-order valence-electron chi connectivity index (χ4n) is 2.09. The second-order valence-corrected chi connectivity index (χ2v) is 6.41. The van der Waals surface area contributed by atoms with E-state index in [9.17, 15) is 9.59 Å². The third kappa shape index (κ3) is 6.66. The molecule has 0 bridgehead atoms. The molecule has 1 N–H and O–H groups in total. The summed E-state index contributed by atoms with van der Waals surface area (Å²) in [4.78, 5) is 23.9. The number of nitrogens with one attached hydrogen (secondary N) is 1. The van der Waals surface area contributed by atoms with Gasteiger partial charge in [0, 0.05) is 11.6 Å². The van der Waals surface area contributed by atoms with Gasteiger partial charge in [-0.15, -0.1) is 0 Å². The zero-order valence-corrected chi connectivity index (χ0v) is 16.3. The van der Waals surface area contributed by atoms with Gasteiger partial charge in [0.25, 0.3) is 5.91 Å². The summed E-state index contributed by atoms with van der Waals surface area (Å²) in [6.45, 7) is 1.41. The highest BCUT2D eigenvalue weighted by molar-refractivity contribution is 6.35. The summed E-state index contributed by atoms with van der Waals surface area (Å²) >= 11 is 11.7. The van der Waals surface area contributed by atoms with Gasteiger partial charge in [-0.05, 0) is 42.8 Å². The average molecular weight is 412 g/mol. The summed E-state index contributed by atoms with van der Waals surface area (Å²) in [6.07, 6.45) is -0.958. The molecule has 0 saturated heterocycles. The van der Waals surface area contributed by atoms with Gasteiger partial charge in [-0.1, -0.05) is 35.3 Å². The lowest BCUT2D eigenvalue weighted by Gasteiger charge is -2.14. The van der Waals surface area contributed by atoms with E-state index in [0.717, 1.165) is 11.3 Å². The molecule has 144 valence electrons. The van der Waals surface area contributed by atoms with Crippen LogP contribution < -0.4 is 14.8 Å². The van der Waals surface area contributed by atoms with Gasteiger partial charge < -0.3 is 19.5 Å². The number of halogens is 2. The van der Waals surface area contributed by atoms with Crippen molar-refractivity contribution in [1.29, 1.82) is 0 Å². The second kappa shape index (κ2) is 10.0. The van der Waals surface area contributed by atoms with Crippen molar-refractivity contribution >= 4 is 35.1 Å². The molecule has 6 nitrogen and oxygen atoms in total. The van der Waals surface area contributed by atoms with Crippen molar-refractivity contribution in [2.75, 3.05) is 13.7 Å². The third-order valence-corrected chi connectivity index (χ3v) is 4.07. The molecule has 2 aromatic carbocycles. The van der Waals surface area contributed by atoms with E-state index in [-0.39, 0.29) is 11.6 Å². The molecule has 1 amide bonds. The van der Waals surface area contributed by atoms with E-state index in [2.05, 4.69) is 5.32 Å². The summed E-state index contributed by atoms with van der Waals surface area (Å²) in [5, 5.41) is 3.43. The molecule has 0 radical (unpaired) electrons. The number of ether oxygens (including phenoxy) is 3. The zero-order chi connectivity index (χ0) is 19.8. The molecule has 2 aromatic rings. The molecule has 0 aromatic heterocycles. The molecule has 0 heterocycles. The summed E-state index contributed by atoms with van der Waals surface area (Å²) in [6, 6.07) is 11.9. The SMILES string of the molecule is COc1ccc(CNC(=O)[C@H](C)OC(=O)COc2ccc(Cl)cc2Cl)cc1. The summed E-state index contributed by atoms with van der Waals surface area (Å²) < 4.78 is 15.4. The lowest BCUT2D eigenvalue weighted by Crippen LogP contribution is -2.36. The molecule has 0 aliphatic carbocycles. The Balaban J connectivity index is 1.76. The molecule has 0 unspecified atom stereocenters. The quantitative estimate of drug-likeness (QED) is 0.671. The van der Waals surface area contributed by atoms with Crippen LogP contribution in [-0.4, -0.2) is 31.7 Å². The molecular formula is C19H19Cl2NO5. The van der Waals surface area contributed by atoms with Crippen molar-refractivity contribution in [1.82, 2.24) is 5.32 Å². The molecule has 27 heavy (non-hydrogen) atoms. The van der Waals surface area contributed by atoms with E-state index in [1.54, 1.807) is 31.4 Å². The van der Waals surface area contributed by atoms with Gasteiger partial charge in [0.05, 0.1) is 12.1 Å². The topological polar surface area (TPSA) is 73.9 Å². The molecule has 2 rings (SSSR count). The average Bonchev–Trinajstić information content (AvgIpc) is 2.65. The van der Waals surface area contributed by atoms with Gasteiger partial charge in [0.2, 0.25) is 0 Å². The highest BCUT2D eigenvalue weighted by Gasteiger charge is 2.18. The summed E-state index contributed by atoms with van der Waals surface area (Å²) in [5.41, 5.74) is 0.892. The van der Waals surface area contributed by atoms with Crippen LogP contribution in [0.4, 0.5) is 0 Å². The van der Waals surface area contributed by atoms with Crippen LogP contribution in [0.15, 0.2) is 42.5 Å². The first-order valence-corrected chi connectivity index (χ1v) is 8.82. The third-order valence-electron chi connectivity index (χ3n) is 3.54. The van der Waals surface area contributed by atoms with Gasteiger partial charge in [-0.2, -0.15) is 0 Å². The minimum atomic E-state index is -0.958. The molecular weight excluding hydrogens is 393 g/mol. The van der Waals surface area contributed by atoms with E-state index in [0.29, 0.717) is 17.3 Å². The lowest BCUT2D eigenvalue weighted by molar-refractivity contribution is -0.156. The molecule has 0 aliphatic heterocycles. The van der Waals surface area contributed by atoms with Gasteiger partial charge in [0.1, 0.15) is 11.5 Å². The number of methoxy groups -OCH3 is 1. The second-order valence-electron chi connectivity index (χ2n) is 5.56. The highest BCUT2D eigenvalue weighted by atomic mass is 35.5. The van der Waals surface area contributed by atoms with Crippen LogP contribution in [-0.2, 0) is 20.9 Å². The van der Waals surface area contributed by atoms with Gasteiger partial charge in [-0.3, -0.25) is 4.79 Å². The number of hydrogen-bond acceptors (Lipinski definition) is 5. The van der Waals surface area contributed by atoms with E-state index in [1.807, 2.05) is 12.1 Å². The molecule has 0 fully saturated rings. The largest absolute Gasteiger partial charge is 0.497 e. The first kappa shape index (κ1) is 20.9. The van der Waals surface area contributed by atoms with Crippen molar-refractivity contribution in [3.8, 4) is 11.5 Å². The van der Waals surface area contributed by atoms with Crippen molar-refractivity contribution < 1.29 is 23.8 Å². The Morgan fingerprint density at radius 3 is 2.44 bits per heavy atom. The number of hydrogen-bond donors (Lipinski definition) is 1. The maximum atomic E-state index is 12.1. The minimum Gasteiger partial charge on any atom is -0.497 e. The van der Waals surface area contributed by atoms with Crippen LogP contribution in [0.25, 0.3) is 0 Å². The normalized spacial score (nSPS) is 11.4. The van der Waals surface area contributed by atoms with Gasteiger partial charge in [0.15, 0.2) is 12.7 Å². The maximum absolute atomic E-state index is 12.1. The monoisotopic (exact) mass is 411 g/mol. The smallest absolute Gasteiger partial charge is 0.344 e. The Bertz CT molecular complexity index is 795. The number of esters is 1. The fourth-order valence-corrected chi connectivity index (χ4v) is 2.55.